The first-order valence-electron chi connectivity index (χ1n) is 6.07. The van der Waals surface area contributed by atoms with Gasteiger partial charge in [0.2, 0.25) is 0 Å². The van der Waals surface area contributed by atoms with Crippen LogP contribution in [0.5, 0.6) is 0 Å². The van der Waals surface area contributed by atoms with Crippen LogP contribution in [0.1, 0.15) is 15.9 Å². The van der Waals surface area contributed by atoms with Crippen LogP contribution in [0.15, 0.2) is 52.9 Å². The average Bonchev–Trinajstić information content (AvgIpc) is 2.43. The molecule has 0 atom stereocenters. The fourth-order valence-electron chi connectivity index (χ4n) is 2.13. The molecule has 2 aromatic carbocycles. The Morgan fingerprint density at radius 3 is 2.70 bits per heavy atom. The molecule has 0 aliphatic carbocycles. The van der Waals surface area contributed by atoms with Crippen LogP contribution in [-0.4, -0.2) is 11.5 Å². The average molecular weight is 288 g/mol. The van der Waals surface area contributed by atoms with Crippen molar-refractivity contribution in [3.63, 3.8) is 0 Å². The van der Waals surface area contributed by atoms with Gasteiger partial charge in [0.15, 0.2) is 5.78 Å². The van der Waals surface area contributed by atoms with E-state index in [9.17, 15) is 13.6 Å². The highest BCUT2D eigenvalue weighted by atomic mass is 32.2. The molecule has 0 saturated carbocycles. The van der Waals surface area contributed by atoms with Crippen LogP contribution < -0.4 is 0 Å². The second-order valence-corrected chi connectivity index (χ2v) is 5.44. The Balaban J connectivity index is 2.00. The molecule has 4 heteroatoms. The number of ketones is 1. The summed E-state index contributed by atoms with van der Waals surface area (Å²) in [5.74, 6) is -0.515. The molecule has 0 amide bonds. The number of fused-ring (bicyclic) bond motifs is 1. The lowest BCUT2D eigenvalue weighted by Gasteiger charge is -2.17. The molecule has 0 aromatic heterocycles. The zero-order valence-electron chi connectivity index (χ0n) is 10.4. The van der Waals surface area contributed by atoms with Gasteiger partial charge in [-0.25, -0.2) is 8.78 Å². The number of Topliss-reactive ketones (excluding diaryl/α,β-unsaturated/α-hetero) is 1. The first-order chi connectivity index (χ1) is 9.65. The van der Waals surface area contributed by atoms with Crippen molar-refractivity contribution in [2.75, 3.05) is 5.75 Å². The van der Waals surface area contributed by atoms with E-state index < -0.39 is 0 Å². The van der Waals surface area contributed by atoms with Crippen molar-refractivity contribution < 1.29 is 13.6 Å². The van der Waals surface area contributed by atoms with Gasteiger partial charge in [0.1, 0.15) is 11.6 Å². The van der Waals surface area contributed by atoms with E-state index in [1.165, 1.54) is 36.0 Å². The summed E-state index contributed by atoms with van der Waals surface area (Å²) in [5.41, 5.74) is 1.57. The summed E-state index contributed by atoms with van der Waals surface area (Å²) in [6.07, 6.45) is 1.66. The van der Waals surface area contributed by atoms with Crippen molar-refractivity contribution >= 4 is 23.6 Å². The number of rotatable bonds is 1. The number of halogens is 2. The molecular weight excluding hydrogens is 278 g/mol. The third kappa shape index (κ3) is 2.39. The maximum Gasteiger partial charge on any atom is 0.191 e. The molecule has 0 unspecified atom stereocenters. The first kappa shape index (κ1) is 13.1. The predicted octanol–water partition coefficient (Wildman–Crippen LogP) is 4.34. The Bertz CT molecular complexity index is 722. The summed E-state index contributed by atoms with van der Waals surface area (Å²) in [4.78, 5) is 12.7. The summed E-state index contributed by atoms with van der Waals surface area (Å²) in [7, 11) is 0. The molecule has 0 spiro atoms. The maximum atomic E-state index is 13.6. The van der Waals surface area contributed by atoms with Crippen LogP contribution in [-0.2, 0) is 0 Å². The molecule has 0 saturated heterocycles. The molecule has 1 aliphatic rings. The molecule has 20 heavy (non-hydrogen) atoms. The lowest BCUT2D eigenvalue weighted by molar-refractivity contribution is 0.103. The summed E-state index contributed by atoms with van der Waals surface area (Å²) < 4.78 is 26.8. The fourth-order valence-corrected chi connectivity index (χ4v) is 3.16. The summed E-state index contributed by atoms with van der Waals surface area (Å²) >= 11 is 1.29. The molecule has 0 bridgehead atoms. The van der Waals surface area contributed by atoms with Crippen molar-refractivity contribution in [3.05, 3.63) is 70.8 Å². The Morgan fingerprint density at radius 1 is 1.10 bits per heavy atom. The SMILES string of the molecule is O=C1C(=Cc2cccc(F)c2)CSc2c(F)cccc21. The monoisotopic (exact) mass is 288 g/mol. The molecule has 0 radical (unpaired) electrons. The van der Waals surface area contributed by atoms with Crippen LogP contribution in [0.4, 0.5) is 8.78 Å². The van der Waals surface area contributed by atoms with E-state index in [1.807, 2.05) is 0 Å². The van der Waals surface area contributed by atoms with E-state index in [-0.39, 0.29) is 17.4 Å². The Kier molecular flexibility index (Phi) is 3.40. The van der Waals surface area contributed by atoms with E-state index in [0.717, 1.165) is 0 Å². The molecule has 1 heterocycles. The van der Waals surface area contributed by atoms with Gasteiger partial charge in [-0.3, -0.25) is 4.79 Å². The third-order valence-electron chi connectivity index (χ3n) is 3.06. The molecule has 1 aliphatic heterocycles. The summed E-state index contributed by atoms with van der Waals surface area (Å²) in [6.45, 7) is 0. The number of hydrogen-bond donors (Lipinski definition) is 0. The van der Waals surface area contributed by atoms with E-state index in [2.05, 4.69) is 0 Å². The Morgan fingerprint density at radius 2 is 1.90 bits per heavy atom. The van der Waals surface area contributed by atoms with Gasteiger partial charge in [0.25, 0.3) is 0 Å². The molecule has 1 nitrogen and oxygen atoms in total. The van der Waals surface area contributed by atoms with Gasteiger partial charge in [-0.05, 0) is 35.9 Å². The van der Waals surface area contributed by atoms with Crippen molar-refractivity contribution in [2.24, 2.45) is 0 Å². The quantitative estimate of drug-likeness (QED) is 0.726. The molecular formula is C16H10F2OS. The highest BCUT2D eigenvalue weighted by molar-refractivity contribution is 7.99. The highest BCUT2D eigenvalue weighted by Gasteiger charge is 2.24. The summed E-state index contributed by atoms with van der Waals surface area (Å²) in [5, 5.41) is 0. The van der Waals surface area contributed by atoms with Crippen LogP contribution in [0, 0.1) is 11.6 Å². The minimum absolute atomic E-state index is 0.192. The van der Waals surface area contributed by atoms with E-state index in [4.69, 9.17) is 0 Å². The van der Waals surface area contributed by atoms with Gasteiger partial charge in [-0.2, -0.15) is 0 Å². The zero-order chi connectivity index (χ0) is 14.1. The lowest BCUT2D eigenvalue weighted by Crippen LogP contribution is -2.13. The molecule has 0 N–H and O–H groups in total. The molecule has 3 rings (SSSR count). The van der Waals surface area contributed by atoms with Gasteiger partial charge < -0.3 is 0 Å². The number of carbonyl (C=O) groups excluding carboxylic acids is 1. The van der Waals surface area contributed by atoms with Gasteiger partial charge in [-0.15, -0.1) is 11.8 Å². The fraction of sp³-hybridized carbons (Fsp3) is 0.0625. The zero-order valence-corrected chi connectivity index (χ0v) is 11.2. The first-order valence-corrected chi connectivity index (χ1v) is 7.06. The van der Waals surface area contributed by atoms with Crippen molar-refractivity contribution in [2.45, 2.75) is 4.90 Å². The standard InChI is InChI=1S/C16H10F2OS/c17-12-4-1-3-10(8-12)7-11-9-20-16-13(15(11)19)5-2-6-14(16)18/h1-8H,9H2. The van der Waals surface area contributed by atoms with Crippen molar-refractivity contribution in [1.82, 2.24) is 0 Å². The van der Waals surface area contributed by atoms with Gasteiger partial charge in [-0.1, -0.05) is 18.2 Å². The highest BCUT2D eigenvalue weighted by Crippen LogP contribution is 2.35. The molecule has 2 aromatic rings. The van der Waals surface area contributed by atoms with E-state index in [0.29, 0.717) is 27.3 Å². The smallest absolute Gasteiger partial charge is 0.191 e. The van der Waals surface area contributed by atoms with Gasteiger partial charge >= 0.3 is 0 Å². The number of carbonyl (C=O) groups is 1. The van der Waals surface area contributed by atoms with Crippen LogP contribution in [0.3, 0.4) is 0 Å². The largest absolute Gasteiger partial charge is 0.289 e. The number of benzene rings is 2. The van der Waals surface area contributed by atoms with Gasteiger partial charge in [0, 0.05) is 16.9 Å². The van der Waals surface area contributed by atoms with Gasteiger partial charge in [0.05, 0.1) is 4.90 Å². The minimum Gasteiger partial charge on any atom is -0.289 e. The number of hydrogen-bond acceptors (Lipinski definition) is 2. The maximum absolute atomic E-state index is 13.6. The van der Waals surface area contributed by atoms with Crippen molar-refractivity contribution in [3.8, 4) is 0 Å². The summed E-state index contributed by atoms with van der Waals surface area (Å²) in [6, 6.07) is 10.5. The predicted molar refractivity (Wildman–Crippen MR) is 75.8 cm³/mol. The lowest BCUT2D eigenvalue weighted by atomic mass is 10.0. The van der Waals surface area contributed by atoms with Crippen LogP contribution in [0.25, 0.3) is 6.08 Å². The second kappa shape index (κ2) is 5.21. The van der Waals surface area contributed by atoms with Crippen molar-refractivity contribution in [1.29, 1.82) is 0 Å². The normalized spacial score (nSPS) is 16.3. The topological polar surface area (TPSA) is 17.1 Å². The minimum atomic E-state index is -0.370. The van der Waals surface area contributed by atoms with Crippen LogP contribution in [0.2, 0.25) is 0 Å². The Labute approximate surface area is 119 Å². The second-order valence-electron chi connectivity index (χ2n) is 4.46. The van der Waals surface area contributed by atoms with Crippen LogP contribution >= 0.6 is 11.8 Å². The van der Waals surface area contributed by atoms with E-state index >= 15 is 0 Å². The third-order valence-corrected chi connectivity index (χ3v) is 4.22. The van der Waals surface area contributed by atoms with E-state index in [1.54, 1.807) is 24.3 Å². The molecule has 0 fully saturated rings. The number of thioether (sulfide) groups is 1. The Hall–Kier alpha value is -1.94. The molecule has 100 valence electrons.